The van der Waals surface area contributed by atoms with Gasteiger partial charge in [-0.3, -0.25) is 4.98 Å². The molecule has 0 atom stereocenters. The number of benzene rings is 1. The molecule has 0 saturated carbocycles. The standard InChI is InChI=1S/C16H11FN6O3S/c17-24-8-10-2-1-3-11(6-10)14-20-13(26-23-14)9-27-16-22-21-15(25-16)12-7-18-4-5-19-12/h1-7H,8-9H2. The van der Waals surface area contributed by atoms with Crippen LogP contribution in [0.1, 0.15) is 11.5 Å². The molecule has 4 aromatic rings. The first-order chi connectivity index (χ1) is 13.3. The van der Waals surface area contributed by atoms with Crippen molar-refractivity contribution in [2.75, 3.05) is 0 Å². The van der Waals surface area contributed by atoms with E-state index in [1.54, 1.807) is 36.7 Å². The fourth-order valence-corrected chi connectivity index (χ4v) is 2.80. The molecule has 0 unspecified atom stereocenters. The average molecular weight is 386 g/mol. The minimum Gasteiger partial charge on any atom is -0.410 e. The number of nitrogens with zero attached hydrogens (tertiary/aromatic N) is 6. The Hall–Kier alpha value is -3.18. The van der Waals surface area contributed by atoms with Crippen LogP contribution in [0.15, 0.2) is 57.0 Å². The quantitative estimate of drug-likeness (QED) is 0.438. The molecule has 0 N–H and O–H groups in total. The molecule has 0 aliphatic rings. The molecule has 0 aliphatic heterocycles. The molecule has 0 fully saturated rings. The van der Waals surface area contributed by atoms with E-state index in [4.69, 9.17) is 8.94 Å². The smallest absolute Gasteiger partial charge is 0.277 e. The zero-order valence-electron chi connectivity index (χ0n) is 13.6. The molecule has 27 heavy (non-hydrogen) atoms. The first-order valence-electron chi connectivity index (χ1n) is 7.70. The van der Waals surface area contributed by atoms with E-state index in [0.717, 1.165) is 0 Å². The van der Waals surface area contributed by atoms with Crippen molar-refractivity contribution in [3.63, 3.8) is 0 Å². The van der Waals surface area contributed by atoms with Gasteiger partial charge in [0.05, 0.1) is 11.9 Å². The van der Waals surface area contributed by atoms with Crippen molar-refractivity contribution >= 4 is 11.8 Å². The summed E-state index contributed by atoms with van der Waals surface area (Å²) in [6.07, 6.45) is 4.64. The molecule has 0 radical (unpaired) electrons. The van der Waals surface area contributed by atoms with Crippen LogP contribution in [-0.4, -0.2) is 30.3 Å². The number of hydrogen-bond acceptors (Lipinski definition) is 10. The molecule has 136 valence electrons. The van der Waals surface area contributed by atoms with Crippen molar-refractivity contribution in [2.24, 2.45) is 0 Å². The minimum atomic E-state index is -0.139. The van der Waals surface area contributed by atoms with E-state index in [9.17, 15) is 4.53 Å². The first kappa shape index (κ1) is 17.2. The van der Waals surface area contributed by atoms with Gasteiger partial charge in [-0.1, -0.05) is 35.1 Å². The van der Waals surface area contributed by atoms with Crippen molar-refractivity contribution in [2.45, 2.75) is 17.6 Å². The van der Waals surface area contributed by atoms with Crippen molar-refractivity contribution in [3.8, 4) is 23.0 Å². The summed E-state index contributed by atoms with van der Waals surface area (Å²) < 4.78 is 22.8. The zero-order chi connectivity index (χ0) is 18.5. The van der Waals surface area contributed by atoms with Gasteiger partial charge in [-0.05, 0) is 16.2 Å². The monoisotopic (exact) mass is 386 g/mol. The van der Waals surface area contributed by atoms with Gasteiger partial charge in [0.15, 0.2) is 0 Å². The number of hydrogen-bond donors (Lipinski definition) is 0. The molecule has 0 bridgehead atoms. The maximum Gasteiger partial charge on any atom is 0.277 e. The SMILES string of the molecule is FOCc1cccc(-c2noc(CSc3nnc(-c4cnccn4)o3)n2)c1. The lowest BCUT2D eigenvalue weighted by atomic mass is 10.1. The summed E-state index contributed by atoms with van der Waals surface area (Å²) in [5.74, 6) is 1.42. The number of rotatable bonds is 7. The van der Waals surface area contributed by atoms with Crippen LogP contribution < -0.4 is 0 Å². The number of thioether (sulfide) groups is 1. The van der Waals surface area contributed by atoms with Crippen LogP contribution in [0.2, 0.25) is 0 Å². The molecule has 0 amide bonds. The normalized spacial score (nSPS) is 11.0. The van der Waals surface area contributed by atoms with Gasteiger partial charge in [0, 0.05) is 18.0 Å². The molecule has 0 spiro atoms. The van der Waals surface area contributed by atoms with E-state index in [0.29, 0.717) is 39.5 Å². The second-order valence-electron chi connectivity index (χ2n) is 5.22. The highest BCUT2D eigenvalue weighted by Gasteiger charge is 2.14. The van der Waals surface area contributed by atoms with Crippen LogP contribution in [0.5, 0.6) is 0 Å². The highest BCUT2D eigenvalue weighted by molar-refractivity contribution is 7.98. The summed E-state index contributed by atoms with van der Waals surface area (Å²) in [5, 5.41) is 12.2. The molecular weight excluding hydrogens is 375 g/mol. The Labute approximate surface area is 155 Å². The summed E-state index contributed by atoms with van der Waals surface area (Å²) in [6.45, 7) is -0.139. The predicted octanol–water partition coefficient (Wildman–Crippen LogP) is 3.27. The Balaban J connectivity index is 1.42. The lowest BCUT2D eigenvalue weighted by molar-refractivity contribution is -0.144. The third kappa shape index (κ3) is 4.15. The highest BCUT2D eigenvalue weighted by atomic mass is 32.2. The van der Waals surface area contributed by atoms with E-state index < -0.39 is 0 Å². The Morgan fingerprint density at radius 3 is 3.00 bits per heavy atom. The van der Waals surface area contributed by atoms with E-state index in [1.165, 1.54) is 18.0 Å². The van der Waals surface area contributed by atoms with Crippen molar-refractivity contribution in [1.82, 2.24) is 30.3 Å². The Kier molecular flexibility index (Phi) is 5.12. The van der Waals surface area contributed by atoms with Crippen molar-refractivity contribution in [1.29, 1.82) is 0 Å². The molecule has 11 heteroatoms. The van der Waals surface area contributed by atoms with Gasteiger partial charge >= 0.3 is 0 Å². The van der Waals surface area contributed by atoms with Gasteiger partial charge in [0.25, 0.3) is 11.1 Å². The first-order valence-corrected chi connectivity index (χ1v) is 8.68. The van der Waals surface area contributed by atoms with Gasteiger partial charge in [-0.25, -0.2) is 4.98 Å². The van der Waals surface area contributed by atoms with Crippen LogP contribution in [0.25, 0.3) is 23.0 Å². The second-order valence-corrected chi connectivity index (χ2v) is 6.14. The molecule has 9 nitrogen and oxygen atoms in total. The highest BCUT2D eigenvalue weighted by Crippen LogP contribution is 2.25. The third-order valence-electron chi connectivity index (χ3n) is 3.38. The molecule has 4 rings (SSSR count). The third-order valence-corrected chi connectivity index (χ3v) is 4.19. The molecule has 3 heterocycles. The van der Waals surface area contributed by atoms with Crippen LogP contribution >= 0.6 is 11.8 Å². The maximum atomic E-state index is 12.0. The molecular formula is C16H11FN6O3S. The van der Waals surface area contributed by atoms with E-state index >= 15 is 0 Å². The van der Waals surface area contributed by atoms with Gasteiger partial charge in [0.2, 0.25) is 11.7 Å². The second kappa shape index (κ2) is 8.01. The molecule has 3 aromatic heterocycles. The van der Waals surface area contributed by atoms with Gasteiger partial charge < -0.3 is 8.94 Å². The lowest BCUT2D eigenvalue weighted by Gasteiger charge is -1.98. The Morgan fingerprint density at radius 2 is 2.15 bits per heavy atom. The van der Waals surface area contributed by atoms with Crippen LogP contribution in [0.4, 0.5) is 4.53 Å². The number of aromatic nitrogens is 6. The Morgan fingerprint density at radius 1 is 1.19 bits per heavy atom. The zero-order valence-corrected chi connectivity index (χ0v) is 14.5. The van der Waals surface area contributed by atoms with Gasteiger partial charge in [-0.2, -0.15) is 9.93 Å². The van der Waals surface area contributed by atoms with E-state index in [1.807, 2.05) is 0 Å². The fraction of sp³-hybridized carbons (Fsp3) is 0.125. The van der Waals surface area contributed by atoms with E-state index in [2.05, 4.69) is 35.2 Å². The van der Waals surface area contributed by atoms with Gasteiger partial charge in [-0.15, -0.1) is 10.2 Å². The minimum absolute atomic E-state index is 0.139. The maximum absolute atomic E-state index is 12.0. The molecule has 0 saturated heterocycles. The summed E-state index contributed by atoms with van der Waals surface area (Å²) in [4.78, 5) is 16.0. The predicted molar refractivity (Wildman–Crippen MR) is 90.5 cm³/mol. The molecule has 0 aliphatic carbocycles. The topological polar surface area (TPSA) is 113 Å². The van der Waals surface area contributed by atoms with Crippen LogP contribution in [-0.2, 0) is 17.3 Å². The summed E-state index contributed by atoms with van der Waals surface area (Å²) >= 11 is 1.25. The van der Waals surface area contributed by atoms with Crippen LogP contribution in [0.3, 0.4) is 0 Å². The summed E-state index contributed by atoms with van der Waals surface area (Å²) in [5.41, 5.74) is 1.86. The van der Waals surface area contributed by atoms with Crippen molar-refractivity contribution in [3.05, 3.63) is 54.3 Å². The average Bonchev–Trinajstić information content (AvgIpc) is 3.37. The van der Waals surface area contributed by atoms with Gasteiger partial charge in [0.1, 0.15) is 12.3 Å². The van der Waals surface area contributed by atoms with Crippen LogP contribution in [0, 0.1) is 0 Å². The summed E-state index contributed by atoms with van der Waals surface area (Å²) in [7, 11) is 0. The largest absolute Gasteiger partial charge is 0.410 e. The summed E-state index contributed by atoms with van der Waals surface area (Å²) in [6, 6.07) is 7.03. The fourth-order valence-electron chi connectivity index (χ4n) is 2.20. The lowest BCUT2D eigenvalue weighted by Crippen LogP contribution is -1.87. The van der Waals surface area contributed by atoms with E-state index in [-0.39, 0.29) is 12.5 Å². The Bertz CT molecular complexity index is 1030. The van der Waals surface area contributed by atoms with Crippen molar-refractivity contribution < 1.29 is 18.4 Å². The number of halogens is 1. The molecule has 1 aromatic carbocycles.